The molecule has 0 radical (unpaired) electrons. The third kappa shape index (κ3) is 23.5. The van der Waals surface area contributed by atoms with Crippen LogP contribution in [0.1, 0.15) is 2.85 Å². The number of rotatable bonds is 0. The van der Waals surface area contributed by atoms with Crippen molar-refractivity contribution in [1.29, 1.82) is 0 Å². The second-order valence-electron chi connectivity index (χ2n) is 0.0913. The minimum Gasteiger partial charge on any atom is -1.00 e. The Morgan fingerprint density at radius 1 is 1.60 bits per heavy atom. The summed E-state index contributed by atoms with van der Waals surface area (Å²) in [5, 5.41) is 0. The molecule has 0 saturated carbocycles. The molecule has 22 valence electrons. The quantitative estimate of drug-likeness (QED) is 0.251. The van der Waals surface area contributed by atoms with Crippen LogP contribution in [0, 0.1) is 0 Å². The van der Waals surface area contributed by atoms with E-state index in [4.69, 9.17) is 9.46 Å². The normalized spacial score (nSPS) is 4.20. The number of hydrogen-bond donors (Lipinski definition) is 1. The van der Waals surface area contributed by atoms with Crippen molar-refractivity contribution >= 4 is 8.69 Å². The van der Waals surface area contributed by atoms with Crippen LogP contribution in [0.2, 0.25) is 0 Å². The van der Waals surface area contributed by atoms with E-state index in [9.17, 15) is 0 Å². The van der Waals surface area contributed by atoms with Gasteiger partial charge in [0.15, 0.2) is 0 Å². The summed E-state index contributed by atoms with van der Waals surface area (Å²) >= 11 is 0. The Balaban J connectivity index is -0.00000000333. The molecule has 0 spiro atoms. The van der Waals surface area contributed by atoms with Crippen LogP contribution in [0.25, 0.3) is 0 Å². The first-order valence-corrected chi connectivity index (χ1v) is 1.28. The van der Waals surface area contributed by atoms with Gasteiger partial charge < -0.3 is 2.85 Å². The van der Waals surface area contributed by atoms with Crippen LogP contribution in [-0.2, 0) is 4.57 Å². The average Bonchev–Trinajstić information content (AvgIpc) is 0.918. The SMILES string of the molecule is O=[PH+]O.[H-].[H-].[Na+].[Na+]. The Bertz CT molecular complexity index is 21.2. The molecule has 0 aromatic heterocycles. The van der Waals surface area contributed by atoms with E-state index >= 15 is 0 Å². The van der Waals surface area contributed by atoms with Gasteiger partial charge >= 0.3 is 67.8 Å². The molecule has 1 atom stereocenters. The zero-order chi connectivity index (χ0) is 2.71. The summed E-state index contributed by atoms with van der Waals surface area (Å²) in [6.07, 6.45) is 0. The van der Waals surface area contributed by atoms with E-state index in [-0.39, 0.29) is 62.0 Å². The third-order valence-electron chi connectivity index (χ3n) is 0. The molecule has 1 unspecified atom stereocenters. The van der Waals surface area contributed by atoms with Crippen LogP contribution in [-0.4, -0.2) is 4.89 Å². The first-order valence-electron chi connectivity index (χ1n) is 0.428. The minimum absolute atomic E-state index is 0. The Morgan fingerprint density at radius 3 is 1.60 bits per heavy atom. The van der Waals surface area contributed by atoms with Gasteiger partial charge in [0, 0.05) is 0 Å². The molecule has 0 aliphatic carbocycles. The van der Waals surface area contributed by atoms with Crippen LogP contribution in [0.3, 0.4) is 0 Å². The average molecular weight is 113 g/mol. The smallest absolute Gasteiger partial charge is 1.00 e. The fourth-order valence-electron chi connectivity index (χ4n) is 0. The fraction of sp³-hybridized carbons (Fsp3) is 0. The van der Waals surface area contributed by atoms with E-state index in [0.29, 0.717) is 0 Å². The molecular weight excluding hydrogens is 109 g/mol. The van der Waals surface area contributed by atoms with Crippen LogP contribution in [0.4, 0.5) is 0 Å². The molecule has 0 bridgehead atoms. The maximum absolute atomic E-state index is 8.51. The van der Waals surface area contributed by atoms with Crippen LogP contribution >= 0.6 is 8.69 Å². The summed E-state index contributed by atoms with van der Waals surface area (Å²) in [5.74, 6) is 0. The first kappa shape index (κ1) is 15.7. The fourth-order valence-corrected chi connectivity index (χ4v) is 0. The summed E-state index contributed by atoms with van der Waals surface area (Å²) in [6.45, 7) is 0. The van der Waals surface area contributed by atoms with Crippen molar-refractivity contribution < 1.29 is 71.4 Å². The summed E-state index contributed by atoms with van der Waals surface area (Å²) in [7, 11) is -1.17. The van der Waals surface area contributed by atoms with E-state index in [0.717, 1.165) is 0 Å². The first-order chi connectivity index (χ1) is 1.41. The predicted octanol–water partition coefficient (Wildman–Crippen LogP) is -5.85. The molecule has 5 heteroatoms. The monoisotopic (exact) mass is 113 g/mol. The van der Waals surface area contributed by atoms with Crippen molar-refractivity contribution in [2.75, 3.05) is 0 Å². The zero-order valence-corrected chi connectivity index (χ0v) is 8.36. The second kappa shape index (κ2) is 16.6. The Labute approximate surface area is 79.2 Å². The van der Waals surface area contributed by atoms with Gasteiger partial charge in [0.25, 0.3) is 0 Å². The molecule has 0 aromatic rings. The van der Waals surface area contributed by atoms with Crippen molar-refractivity contribution in [1.82, 2.24) is 0 Å². The van der Waals surface area contributed by atoms with Crippen molar-refractivity contribution in [2.45, 2.75) is 0 Å². The third-order valence-corrected chi connectivity index (χ3v) is 0. The van der Waals surface area contributed by atoms with E-state index in [2.05, 4.69) is 0 Å². The van der Waals surface area contributed by atoms with Gasteiger partial charge in [-0.15, -0.1) is 0 Å². The van der Waals surface area contributed by atoms with Crippen LogP contribution in [0.15, 0.2) is 0 Å². The van der Waals surface area contributed by atoms with Crippen molar-refractivity contribution in [3.05, 3.63) is 0 Å². The van der Waals surface area contributed by atoms with Crippen molar-refractivity contribution in [2.24, 2.45) is 0 Å². The van der Waals surface area contributed by atoms with Crippen molar-refractivity contribution in [3.63, 3.8) is 0 Å². The van der Waals surface area contributed by atoms with E-state index in [1.165, 1.54) is 0 Å². The molecule has 2 nitrogen and oxygen atoms in total. The molecule has 0 aliphatic heterocycles. The van der Waals surface area contributed by atoms with Gasteiger partial charge in [-0.25, -0.2) is 0 Å². The molecule has 0 fully saturated rings. The van der Waals surface area contributed by atoms with Gasteiger partial charge in [-0.1, -0.05) is 0 Å². The van der Waals surface area contributed by atoms with E-state index in [1.807, 2.05) is 0 Å². The number of hydrogen-bond acceptors (Lipinski definition) is 1. The van der Waals surface area contributed by atoms with Gasteiger partial charge in [0.1, 0.15) is 0 Å². The van der Waals surface area contributed by atoms with E-state index in [1.54, 1.807) is 0 Å². The molecule has 0 saturated heterocycles. The van der Waals surface area contributed by atoms with Gasteiger partial charge in [0.05, 0.1) is 0 Å². The zero-order valence-electron chi connectivity index (χ0n) is 5.36. The molecule has 1 N–H and O–H groups in total. The summed E-state index contributed by atoms with van der Waals surface area (Å²) < 4.78 is 8.51. The topological polar surface area (TPSA) is 37.3 Å². The van der Waals surface area contributed by atoms with Gasteiger partial charge in [-0.3, -0.25) is 0 Å². The Morgan fingerprint density at radius 2 is 1.60 bits per heavy atom. The van der Waals surface area contributed by atoms with Gasteiger partial charge in [0.2, 0.25) is 0 Å². The minimum atomic E-state index is -1.17. The molecule has 0 rings (SSSR count). The summed E-state index contributed by atoms with van der Waals surface area (Å²) in [5.41, 5.74) is 0. The van der Waals surface area contributed by atoms with Crippen LogP contribution in [0.5, 0.6) is 0 Å². The van der Waals surface area contributed by atoms with Crippen LogP contribution < -0.4 is 59.1 Å². The maximum Gasteiger partial charge on any atom is 1.00 e. The Kier molecular flexibility index (Phi) is 52.1. The van der Waals surface area contributed by atoms with Gasteiger partial charge in [-0.05, 0) is 4.57 Å². The maximum atomic E-state index is 8.51. The standard InChI is InChI=1S/2Na.HO2P.2H/c;;1-3-2;;/h;;3H;;/q2*+1;;2*-1/p+1. The molecule has 0 aliphatic rings. The van der Waals surface area contributed by atoms with Gasteiger partial charge in [-0.2, -0.15) is 4.89 Å². The Hall–Kier alpha value is 2.06. The second-order valence-corrected chi connectivity index (χ2v) is 0.274. The predicted molar refractivity (Wildman–Crippen MR) is 13.4 cm³/mol. The molecule has 5 heavy (non-hydrogen) atoms. The summed E-state index contributed by atoms with van der Waals surface area (Å²) in [6, 6.07) is 0. The molecule has 0 heterocycles. The summed E-state index contributed by atoms with van der Waals surface area (Å²) in [4.78, 5) is 7.04. The molecule has 0 amide bonds. The molecular formula is H4Na2O2P+. The largest absolute Gasteiger partial charge is 1.00 e. The van der Waals surface area contributed by atoms with Crippen molar-refractivity contribution in [3.8, 4) is 0 Å². The van der Waals surface area contributed by atoms with E-state index < -0.39 is 8.69 Å². The molecule has 0 aromatic carbocycles.